The lowest BCUT2D eigenvalue weighted by atomic mass is 10.1. The molecule has 1 N–H and O–H groups in total. The average molecular weight is 279 g/mol. The zero-order valence-electron chi connectivity index (χ0n) is 10.8. The van der Waals surface area contributed by atoms with Crippen molar-refractivity contribution in [2.24, 2.45) is 0 Å². The third-order valence-electron chi connectivity index (χ3n) is 2.72. The summed E-state index contributed by atoms with van der Waals surface area (Å²) >= 11 is 0. The van der Waals surface area contributed by atoms with Crippen molar-refractivity contribution in [2.45, 2.75) is 32.2 Å². The van der Waals surface area contributed by atoms with Crippen LogP contribution >= 0.6 is 0 Å². The first-order valence-corrected chi connectivity index (χ1v) is 5.92. The van der Waals surface area contributed by atoms with E-state index in [0.29, 0.717) is 18.5 Å². The molecule has 1 unspecified atom stereocenters. The Bertz CT molecular complexity index is 418. The highest BCUT2D eigenvalue weighted by atomic mass is 19.4. The fourth-order valence-corrected chi connectivity index (χ4v) is 1.69. The summed E-state index contributed by atoms with van der Waals surface area (Å²) in [6.07, 6.45) is -4.61. The second-order valence-electron chi connectivity index (χ2n) is 4.69. The quantitative estimate of drug-likeness (QED) is 0.837. The molecule has 19 heavy (non-hydrogen) atoms. The van der Waals surface area contributed by atoms with Crippen LogP contribution in [0.3, 0.4) is 0 Å². The number of alkyl halides is 3. The molecular weight excluding hydrogens is 262 g/mol. The van der Waals surface area contributed by atoms with Gasteiger partial charge in [-0.15, -0.1) is 0 Å². The predicted octanol–water partition coefficient (Wildman–Crippen LogP) is 3.05. The first kappa shape index (κ1) is 15.9. The van der Waals surface area contributed by atoms with Gasteiger partial charge in [0, 0.05) is 13.1 Å². The van der Waals surface area contributed by atoms with Crippen LogP contribution in [0.1, 0.15) is 24.5 Å². The summed E-state index contributed by atoms with van der Waals surface area (Å²) in [4.78, 5) is 1.78. The Kier molecular flexibility index (Phi) is 5.31. The first-order valence-electron chi connectivity index (χ1n) is 5.92. The van der Waals surface area contributed by atoms with E-state index >= 15 is 0 Å². The minimum atomic E-state index is -4.68. The van der Waals surface area contributed by atoms with Crippen molar-refractivity contribution < 1.29 is 22.7 Å². The molecular formula is C13H17F4NO. The van der Waals surface area contributed by atoms with Gasteiger partial charge in [-0.3, -0.25) is 0 Å². The highest BCUT2D eigenvalue weighted by molar-refractivity contribution is 5.27. The van der Waals surface area contributed by atoms with Gasteiger partial charge in [-0.25, -0.2) is 4.39 Å². The maximum atomic E-state index is 13.1. The van der Waals surface area contributed by atoms with Gasteiger partial charge in [-0.1, -0.05) is 6.07 Å². The minimum Gasteiger partial charge on any atom is -0.393 e. The van der Waals surface area contributed by atoms with Crippen molar-refractivity contribution in [3.8, 4) is 0 Å². The number of nitrogens with zero attached hydrogens (tertiary/aromatic N) is 1. The van der Waals surface area contributed by atoms with Crippen molar-refractivity contribution in [3.05, 3.63) is 35.1 Å². The maximum absolute atomic E-state index is 13.1. The molecule has 0 spiro atoms. The summed E-state index contributed by atoms with van der Waals surface area (Å²) in [6, 6.07) is 3.00. The van der Waals surface area contributed by atoms with E-state index in [2.05, 4.69) is 0 Å². The van der Waals surface area contributed by atoms with Crippen molar-refractivity contribution in [3.63, 3.8) is 0 Å². The van der Waals surface area contributed by atoms with Crippen LogP contribution < -0.4 is 0 Å². The van der Waals surface area contributed by atoms with E-state index in [9.17, 15) is 17.6 Å². The molecule has 1 atom stereocenters. The fraction of sp³-hybridized carbons (Fsp3) is 0.538. The van der Waals surface area contributed by atoms with E-state index in [1.807, 2.05) is 0 Å². The number of halogens is 4. The number of aliphatic hydroxyl groups excluding tert-OH is 1. The molecule has 0 aliphatic carbocycles. The fourth-order valence-electron chi connectivity index (χ4n) is 1.69. The lowest BCUT2D eigenvalue weighted by Crippen LogP contribution is -2.22. The number of hydrogen-bond acceptors (Lipinski definition) is 2. The molecule has 0 heterocycles. The zero-order valence-corrected chi connectivity index (χ0v) is 10.8. The number of hydrogen-bond donors (Lipinski definition) is 1. The summed E-state index contributed by atoms with van der Waals surface area (Å²) in [7, 11) is 1.74. The van der Waals surface area contributed by atoms with Crippen LogP contribution in [0.15, 0.2) is 18.2 Å². The number of benzene rings is 1. The maximum Gasteiger partial charge on any atom is 0.419 e. The highest BCUT2D eigenvalue weighted by Gasteiger charge is 2.34. The molecule has 0 fully saturated rings. The van der Waals surface area contributed by atoms with Gasteiger partial charge in [0.15, 0.2) is 0 Å². The van der Waals surface area contributed by atoms with Gasteiger partial charge in [0.2, 0.25) is 0 Å². The van der Waals surface area contributed by atoms with Crippen LogP contribution in [0, 0.1) is 5.82 Å². The van der Waals surface area contributed by atoms with E-state index < -0.39 is 23.7 Å². The van der Waals surface area contributed by atoms with Gasteiger partial charge in [0.25, 0.3) is 0 Å². The molecule has 1 aromatic rings. The van der Waals surface area contributed by atoms with Crippen molar-refractivity contribution in [2.75, 3.05) is 13.6 Å². The lowest BCUT2D eigenvalue weighted by Gasteiger charge is -2.18. The monoisotopic (exact) mass is 279 g/mol. The third-order valence-corrected chi connectivity index (χ3v) is 2.72. The largest absolute Gasteiger partial charge is 0.419 e. The second kappa shape index (κ2) is 6.34. The van der Waals surface area contributed by atoms with Crippen LogP contribution in [0.2, 0.25) is 0 Å². The summed E-state index contributed by atoms with van der Waals surface area (Å²) in [5.74, 6) is -1.26. The van der Waals surface area contributed by atoms with Crippen LogP contribution in [-0.4, -0.2) is 29.7 Å². The van der Waals surface area contributed by atoms with Gasteiger partial charge in [-0.2, -0.15) is 13.2 Å². The molecule has 0 saturated carbocycles. The number of rotatable bonds is 5. The SMILES string of the molecule is CC(O)CCN(C)Cc1ccc(F)c(C(F)(F)F)c1. The molecule has 1 aromatic carbocycles. The molecule has 0 radical (unpaired) electrons. The van der Waals surface area contributed by atoms with Crippen LogP contribution in [0.25, 0.3) is 0 Å². The Labute approximate surface area is 109 Å². The molecule has 1 rings (SSSR count). The predicted molar refractivity (Wildman–Crippen MR) is 64.0 cm³/mol. The van der Waals surface area contributed by atoms with Gasteiger partial charge in [0.05, 0.1) is 11.7 Å². The summed E-state index contributed by atoms with van der Waals surface area (Å²) < 4.78 is 50.7. The molecule has 6 heteroatoms. The summed E-state index contributed by atoms with van der Waals surface area (Å²) in [6.45, 7) is 2.47. The topological polar surface area (TPSA) is 23.5 Å². The zero-order chi connectivity index (χ0) is 14.6. The highest BCUT2D eigenvalue weighted by Crippen LogP contribution is 2.32. The molecule has 0 amide bonds. The summed E-state index contributed by atoms with van der Waals surface area (Å²) in [5, 5.41) is 9.13. The molecule has 0 bridgehead atoms. The van der Waals surface area contributed by atoms with Crippen molar-refractivity contribution in [1.82, 2.24) is 4.90 Å². The molecule has 0 aromatic heterocycles. The Morgan fingerprint density at radius 2 is 1.95 bits per heavy atom. The van der Waals surface area contributed by atoms with Gasteiger partial charge in [-0.05, 0) is 38.1 Å². The van der Waals surface area contributed by atoms with Gasteiger partial charge < -0.3 is 10.0 Å². The van der Waals surface area contributed by atoms with E-state index in [1.54, 1.807) is 18.9 Å². The lowest BCUT2D eigenvalue weighted by molar-refractivity contribution is -0.140. The van der Waals surface area contributed by atoms with Gasteiger partial charge >= 0.3 is 6.18 Å². The smallest absolute Gasteiger partial charge is 0.393 e. The Hall–Kier alpha value is -1.14. The van der Waals surface area contributed by atoms with E-state index in [-0.39, 0.29) is 6.54 Å². The Morgan fingerprint density at radius 1 is 1.32 bits per heavy atom. The molecule has 108 valence electrons. The van der Waals surface area contributed by atoms with E-state index in [1.165, 1.54) is 6.07 Å². The second-order valence-corrected chi connectivity index (χ2v) is 4.69. The summed E-state index contributed by atoms with van der Waals surface area (Å²) in [5.41, 5.74) is -0.851. The molecule has 0 aliphatic rings. The molecule has 0 saturated heterocycles. The van der Waals surface area contributed by atoms with Crippen LogP contribution in [0.5, 0.6) is 0 Å². The van der Waals surface area contributed by atoms with Crippen molar-refractivity contribution >= 4 is 0 Å². The number of aliphatic hydroxyl groups is 1. The first-order chi connectivity index (χ1) is 8.70. The Morgan fingerprint density at radius 3 is 2.47 bits per heavy atom. The van der Waals surface area contributed by atoms with E-state index in [0.717, 1.165) is 12.1 Å². The van der Waals surface area contributed by atoms with Crippen LogP contribution in [-0.2, 0) is 12.7 Å². The molecule has 0 aliphatic heterocycles. The standard InChI is InChI=1S/C13H17F4NO/c1-9(19)5-6-18(2)8-10-3-4-12(14)11(7-10)13(15,16)17/h3-4,7,9,19H,5-6,8H2,1-2H3. The van der Waals surface area contributed by atoms with Crippen LogP contribution in [0.4, 0.5) is 17.6 Å². The van der Waals surface area contributed by atoms with Crippen molar-refractivity contribution in [1.29, 1.82) is 0 Å². The third kappa shape index (κ3) is 5.16. The Balaban J connectivity index is 2.75. The van der Waals surface area contributed by atoms with Gasteiger partial charge in [0.1, 0.15) is 5.82 Å². The normalized spacial score (nSPS) is 13.9. The molecule has 2 nitrogen and oxygen atoms in total. The minimum absolute atomic E-state index is 0.274. The van der Waals surface area contributed by atoms with E-state index in [4.69, 9.17) is 5.11 Å². The average Bonchev–Trinajstić information content (AvgIpc) is 2.27.